The van der Waals surface area contributed by atoms with Crippen LogP contribution in [0, 0.1) is 26.7 Å². The van der Waals surface area contributed by atoms with Crippen molar-refractivity contribution in [1.29, 1.82) is 0 Å². The Balaban J connectivity index is 1.55. The van der Waals surface area contributed by atoms with Gasteiger partial charge in [-0.15, -0.1) is 0 Å². The first-order chi connectivity index (χ1) is 14.2. The van der Waals surface area contributed by atoms with Gasteiger partial charge in [0.15, 0.2) is 6.61 Å². The lowest BCUT2D eigenvalue weighted by Gasteiger charge is -2.30. The van der Waals surface area contributed by atoms with Crippen molar-refractivity contribution in [2.45, 2.75) is 38.5 Å². The predicted molar refractivity (Wildman–Crippen MR) is 112 cm³/mol. The average Bonchev–Trinajstić information content (AvgIpc) is 2.75. The summed E-state index contributed by atoms with van der Waals surface area (Å²) in [5.41, 5.74) is 3.53. The summed E-state index contributed by atoms with van der Waals surface area (Å²) in [4.78, 5) is 28.9. The first kappa shape index (κ1) is 22.1. The molecule has 1 aromatic heterocycles. The normalized spacial score (nSPS) is 15.7. The van der Waals surface area contributed by atoms with E-state index in [-0.39, 0.29) is 30.4 Å². The van der Waals surface area contributed by atoms with Crippen molar-refractivity contribution in [2.75, 3.05) is 19.7 Å². The summed E-state index contributed by atoms with van der Waals surface area (Å²) in [6.07, 6.45) is 3.54. The molecule has 30 heavy (non-hydrogen) atoms. The molecule has 0 unspecified atom stereocenters. The first-order valence-corrected chi connectivity index (χ1v) is 11.3. The smallest absolute Gasteiger partial charge is 0.309 e. The van der Waals surface area contributed by atoms with Gasteiger partial charge in [-0.1, -0.05) is 6.07 Å². The van der Waals surface area contributed by atoms with E-state index >= 15 is 0 Å². The number of Topliss-reactive ketones (excluding diaryl/α,β-unsaturated/α-hetero) is 1. The van der Waals surface area contributed by atoms with Crippen molar-refractivity contribution in [3.63, 3.8) is 0 Å². The van der Waals surface area contributed by atoms with Crippen molar-refractivity contribution >= 4 is 21.8 Å². The topological polar surface area (TPSA) is 93.6 Å². The van der Waals surface area contributed by atoms with Crippen LogP contribution in [0.2, 0.25) is 0 Å². The maximum atomic E-state index is 12.6. The van der Waals surface area contributed by atoms with Gasteiger partial charge in [0.2, 0.25) is 15.8 Å². The number of carbonyl (C=O) groups is 2. The summed E-state index contributed by atoms with van der Waals surface area (Å²) in [5.74, 6) is -1.11. The van der Waals surface area contributed by atoms with E-state index in [1.54, 1.807) is 6.07 Å². The second kappa shape index (κ2) is 9.06. The molecule has 0 N–H and O–H groups in total. The number of hydrogen-bond acceptors (Lipinski definition) is 6. The number of hydrogen-bond donors (Lipinski definition) is 0. The molecule has 1 aliphatic heterocycles. The van der Waals surface area contributed by atoms with E-state index in [9.17, 15) is 18.0 Å². The molecule has 0 bridgehead atoms. The van der Waals surface area contributed by atoms with Crippen molar-refractivity contribution in [3.05, 3.63) is 58.9 Å². The Morgan fingerprint density at radius 3 is 2.40 bits per heavy atom. The van der Waals surface area contributed by atoms with Gasteiger partial charge in [-0.05, 0) is 68.5 Å². The highest BCUT2D eigenvalue weighted by atomic mass is 32.2. The van der Waals surface area contributed by atoms with Gasteiger partial charge >= 0.3 is 5.97 Å². The van der Waals surface area contributed by atoms with Crippen LogP contribution in [-0.2, 0) is 19.6 Å². The van der Waals surface area contributed by atoms with Gasteiger partial charge in [-0.2, -0.15) is 4.31 Å². The van der Waals surface area contributed by atoms with Crippen molar-refractivity contribution in [1.82, 2.24) is 9.29 Å². The number of benzene rings is 1. The van der Waals surface area contributed by atoms with E-state index in [2.05, 4.69) is 4.98 Å². The zero-order valence-corrected chi connectivity index (χ0v) is 18.2. The molecule has 0 spiro atoms. The molecule has 1 aliphatic rings. The van der Waals surface area contributed by atoms with E-state index in [0.717, 1.165) is 16.7 Å². The summed E-state index contributed by atoms with van der Waals surface area (Å²) in [5, 5.41) is 0. The lowest BCUT2D eigenvalue weighted by Crippen LogP contribution is -2.40. The summed E-state index contributed by atoms with van der Waals surface area (Å²) in [6.45, 7) is 5.92. The van der Waals surface area contributed by atoms with Gasteiger partial charge in [0.1, 0.15) is 4.90 Å². The molecule has 0 aliphatic carbocycles. The van der Waals surface area contributed by atoms with Gasteiger partial charge < -0.3 is 4.74 Å². The number of pyridine rings is 1. The lowest BCUT2D eigenvalue weighted by molar-refractivity contribution is -0.148. The molecule has 0 atom stereocenters. The minimum absolute atomic E-state index is 0.139. The number of esters is 1. The van der Waals surface area contributed by atoms with Crippen LogP contribution >= 0.6 is 0 Å². The molecule has 2 aromatic rings. The molecule has 2 heterocycles. The number of ketones is 1. The van der Waals surface area contributed by atoms with Crippen LogP contribution in [0.3, 0.4) is 0 Å². The summed E-state index contributed by atoms with van der Waals surface area (Å²) >= 11 is 0. The number of nitrogens with zero attached hydrogens (tertiary/aromatic N) is 2. The van der Waals surface area contributed by atoms with Gasteiger partial charge in [0.05, 0.1) is 5.92 Å². The highest BCUT2D eigenvalue weighted by molar-refractivity contribution is 7.89. The Morgan fingerprint density at radius 1 is 1.10 bits per heavy atom. The van der Waals surface area contributed by atoms with Crippen LogP contribution in [0.25, 0.3) is 0 Å². The fraction of sp³-hybridized carbons (Fsp3) is 0.409. The largest absolute Gasteiger partial charge is 0.457 e. The molecule has 7 nitrogen and oxygen atoms in total. The SMILES string of the molecule is Cc1cc(C)c(C(=O)COC(=O)C2CCN(S(=O)(=O)c3cccnc3)CC2)cc1C. The number of rotatable bonds is 6. The number of carbonyl (C=O) groups excluding carboxylic acids is 2. The van der Waals surface area contributed by atoms with Crippen LogP contribution < -0.4 is 0 Å². The minimum Gasteiger partial charge on any atom is -0.457 e. The van der Waals surface area contributed by atoms with Crippen molar-refractivity contribution in [2.24, 2.45) is 5.92 Å². The first-order valence-electron chi connectivity index (χ1n) is 9.88. The number of piperidine rings is 1. The predicted octanol–water partition coefficient (Wildman–Crippen LogP) is 2.83. The second-order valence-corrected chi connectivity index (χ2v) is 9.59. The molecule has 0 amide bonds. The molecule has 0 saturated carbocycles. The Bertz CT molecular complexity index is 1040. The highest BCUT2D eigenvalue weighted by Crippen LogP contribution is 2.24. The Hall–Kier alpha value is -2.58. The van der Waals surface area contributed by atoms with Gasteiger partial charge in [-0.3, -0.25) is 14.6 Å². The zero-order chi connectivity index (χ0) is 21.9. The van der Waals surface area contributed by atoms with Crippen molar-refractivity contribution < 1.29 is 22.7 Å². The standard InChI is InChI=1S/C22H26N2O5S/c1-15-11-17(3)20(12-16(15)2)21(25)14-29-22(26)18-6-9-24(10-7-18)30(27,28)19-5-4-8-23-13-19/h4-5,8,11-13,18H,6-7,9-10,14H2,1-3H3. The van der Waals surface area contributed by atoms with Crippen molar-refractivity contribution in [3.8, 4) is 0 Å². The van der Waals surface area contributed by atoms with Crippen LogP contribution in [0.1, 0.15) is 39.9 Å². The minimum atomic E-state index is -3.62. The molecule has 8 heteroatoms. The molecule has 1 fully saturated rings. The van der Waals surface area contributed by atoms with E-state index in [4.69, 9.17) is 4.74 Å². The Morgan fingerprint density at radius 2 is 1.77 bits per heavy atom. The van der Waals surface area contributed by atoms with Gasteiger partial charge in [0.25, 0.3) is 0 Å². The van der Waals surface area contributed by atoms with E-state index in [0.29, 0.717) is 18.4 Å². The van der Waals surface area contributed by atoms with Crippen LogP contribution in [0.4, 0.5) is 0 Å². The van der Waals surface area contributed by atoms with Crippen LogP contribution in [0.5, 0.6) is 0 Å². The zero-order valence-electron chi connectivity index (χ0n) is 17.4. The second-order valence-electron chi connectivity index (χ2n) is 7.65. The quantitative estimate of drug-likeness (QED) is 0.517. The number of sulfonamides is 1. The number of aromatic nitrogens is 1. The summed E-state index contributed by atoms with van der Waals surface area (Å²) in [6, 6.07) is 6.85. The fourth-order valence-corrected chi connectivity index (χ4v) is 5.01. The fourth-order valence-electron chi connectivity index (χ4n) is 3.57. The molecule has 1 saturated heterocycles. The molecular weight excluding hydrogens is 404 g/mol. The highest BCUT2D eigenvalue weighted by Gasteiger charge is 2.33. The maximum absolute atomic E-state index is 12.6. The summed E-state index contributed by atoms with van der Waals surface area (Å²) < 4.78 is 31.9. The molecule has 160 valence electrons. The van der Waals surface area contributed by atoms with Crippen LogP contribution in [0.15, 0.2) is 41.6 Å². The van der Waals surface area contributed by atoms with E-state index in [1.165, 1.54) is 22.8 Å². The maximum Gasteiger partial charge on any atom is 0.309 e. The lowest BCUT2D eigenvalue weighted by atomic mass is 9.97. The van der Waals surface area contributed by atoms with Gasteiger partial charge in [0, 0.05) is 31.0 Å². The summed E-state index contributed by atoms with van der Waals surface area (Å²) in [7, 11) is -3.62. The number of ether oxygens (including phenoxy) is 1. The third-order valence-corrected chi connectivity index (χ3v) is 7.43. The molecule has 0 radical (unpaired) electrons. The third-order valence-electron chi connectivity index (χ3n) is 5.55. The Kier molecular flexibility index (Phi) is 6.67. The average molecular weight is 431 g/mol. The van der Waals surface area contributed by atoms with Crippen LogP contribution in [-0.4, -0.2) is 49.2 Å². The van der Waals surface area contributed by atoms with Gasteiger partial charge in [-0.25, -0.2) is 8.42 Å². The van der Waals surface area contributed by atoms with E-state index in [1.807, 2.05) is 32.9 Å². The molecule has 3 rings (SSSR count). The molecule has 1 aromatic carbocycles. The molecular formula is C22H26N2O5S. The van der Waals surface area contributed by atoms with E-state index < -0.39 is 21.9 Å². The Labute approximate surface area is 177 Å². The monoisotopic (exact) mass is 430 g/mol. The third kappa shape index (κ3) is 4.76. The number of aryl methyl sites for hydroxylation is 3.